The molecule has 4 nitrogen and oxygen atoms in total. The van der Waals surface area contributed by atoms with Crippen molar-refractivity contribution in [3.05, 3.63) is 29.8 Å². The highest BCUT2D eigenvalue weighted by Gasteiger charge is 2.30. The van der Waals surface area contributed by atoms with Gasteiger partial charge in [-0.3, -0.25) is 4.79 Å². The minimum atomic E-state index is -0.684. The molecule has 3 rings (SSSR count). The van der Waals surface area contributed by atoms with E-state index in [1.165, 1.54) is 11.3 Å². The number of nitrogens with zero attached hydrogens (tertiary/aromatic N) is 1. The quantitative estimate of drug-likeness (QED) is 0.918. The normalized spacial score (nSPS) is 23.4. The Hall–Kier alpha value is -1.55. The second kappa shape index (κ2) is 5.83. The third-order valence-corrected chi connectivity index (χ3v) is 4.41. The van der Waals surface area contributed by atoms with Gasteiger partial charge in [-0.25, -0.2) is 0 Å². The van der Waals surface area contributed by atoms with Gasteiger partial charge in [0.25, 0.3) is 0 Å². The predicted octanol–water partition coefficient (Wildman–Crippen LogP) is 2.18. The van der Waals surface area contributed by atoms with Crippen molar-refractivity contribution < 1.29 is 14.6 Å². The number of benzene rings is 1. The van der Waals surface area contributed by atoms with Crippen molar-refractivity contribution in [2.45, 2.75) is 19.3 Å². The Bertz CT molecular complexity index is 482. The topological polar surface area (TPSA) is 49.8 Å². The fourth-order valence-corrected chi connectivity index (χ4v) is 3.27. The fourth-order valence-electron chi connectivity index (χ4n) is 3.27. The van der Waals surface area contributed by atoms with Gasteiger partial charge in [-0.15, -0.1) is 0 Å². The van der Waals surface area contributed by atoms with Crippen LogP contribution in [0, 0.1) is 11.8 Å². The first kappa shape index (κ1) is 13.4. The molecule has 0 spiro atoms. The van der Waals surface area contributed by atoms with Crippen LogP contribution in [-0.2, 0) is 16.0 Å². The number of anilines is 1. The van der Waals surface area contributed by atoms with Gasteiger partial charge < -0.3 is 14.7 Å². The van der Waals surface area contributed by atoms with Crippen LogP contribution < -0.4 is 4.90 Å². The maximum absolute atomic E-state index is 11.4. The van der Waals surface area contributed by atoms with Gasteiger partial charge in [-0.2, -0.15) is 0 Å². The van der Waals surface area contributed by atoms with Gasteiger partial charge in [0.05, 0.1) is 5.92 Å². The molecule has 0 bridgehead atoms. The van der Waals surface area contributed by atoms with Crippen molar-refractivity contribution in [1.82, 2.24) is 0 Å². The predicted molar refractivity (Wildman–Crippen MR) is 77.0 cm³/mol. The number of carbonyl (C=O) groups is 1. The molecular weight excluding hydrogens is 254 g/mol. The van der Waals surface area contributed by atoms with E-state index in [2.05, 4.69) is 17.0 Å². The van der Waals surface area contributed by atoms with Gasteiger partial charge in [0, 0.05) is 32.0 Å². The van der Waals surface area contributed by atoms with Crippen molar-refractivity contribution in [3.8, 4) is 0 Å². The highest BCUT2D eigenvalue weighted by Crippen LogP contribution is 2.31. The van der Waals surface area contributed by atoms with E-state index < -0.39 is 5.97 Å². The summed E-state index contributed by atoms with van der Waals surface area (Å²) in [6.07, 6.45) is 2.81. The monoisotopic (exact) mass is 275 g/mol. The van der Waals surface area contributed by atoms with Gasteiger partial charge in [0.2, 0.25) is 0 Å². The first-order valence-corrected chi connectivity index (χ1v) is 7.37. The molecule has 0 aromatic heterocycles. The molecule has 2 aliphatic rings. The Labute approximate surface area is 119 Å². The van der Waals surface area contributed by atoms with E-state index in [0.717, 1.165) is 32.6 Å². The number of para-hydroxylation sites is 1. The summed E-state index contributed by atoms with van der Waals surface area (Å²) in [7, 11) is 0. The molecule has 1 atom stereocenters. The van der Waals surface area contributed by atoms with Crippen LogP contribution in [0.2, 0.25) is 0 Å². The Balaban J connectivity index is 1.79. The molecular formula is C16H21NO3. The minimum absolute atomic E-state index is 0.287. The lowest BCUT2D eigenvalue weighted by Crippen LogP contribution is -2.42. The highest BCUT2D eigenvalue weighted by molar-refractivity contribution is 5.73. The molecule has 2 aliphatic heterocycles. The second-order valence-corrected chi connectivity index (χ2v) is 5.83. The third-order valence-electron chi connectivity index (χ3n) is 4.41. The zero-order valence-corrected chi connectivity index (χ0v) is 11.6. The van der Waals surface area contributed by atoms with E-state index in [0.29, 0.717) is 18.9 Å². The molecule has 20 heavy (non-hydrogen) atoms. The number of hydrogen-bond acceptors (Lipinski definition) is 3. The number of rotatable bonds is 3. The largest absolute Gasteiger partial charge is 0.481 e. The van der Waals surface area contributed by atoms with Crippen molar-refractivity contribution in [2.24, 2.45) is 11.8 Å². The summed E-state index contributed by atoms with van der Waals surface area (Å²) >= 11 is 0. The minimum Gasteiger partial charge on any atom is -0.481 e. The number of carboxylic acid groups (broad SMARTS) is 1. The van der Waals surface area contributed by atoms with E-state index in [9.17, 15) is 9.90 Å². The van der Waals surface area contributed by atoms with Crippen molar-refractivity contribution in [3.63, 3.8) is 0 Å². The van der Waals surface area contributed by atoms with Crippen LogP contribution in [0.3, 0.4) is 0 Å². The maximum Gasteiger partial charge on any atom is 0.308 e. The molecule has 1 aromatic carbocycles. The van der Waals surface area contributed by atoms with E-state index in [-0.39, 0.29) is 5.92 Å². The van der Waals surface area contributed by atoms with Crippen LogP contribution in [0.15, 0.2) is 24.3 Å². The highest BCUT2D eigenvalue weighted by atomic mass is 16.5. The van der Waals surface area contributed by atoms with Gasteiger partial charge in [-0.05, 0) is 36.8 Å². The van der Waals surface area contributed by atoms with Crippen LogP contribution in [0.4, 0.5) is 5.69 Å². The van der Waals surface area contributed by atoms with Crippen molar-refractivity contribution in [1.29, 1.82) is 0 Å². The molecule has 0 amide bonds. The van der Waals surface area contributed by atoms with E-state index in [1.807, 2.05) is 12.1 Å². The summed E-state index contributed by atoms with van der Waals surface area (Å²) in [4.78, 5) is 13.6. The Morgan fingerprint density at radius 2 is 2.05 bits per heavy atom. The number of ether oxygens (including phenoxy) is 1. The molecule has 0 aliphatic carbocycles. The molecule has 108 valence electrons. The Morgan fingerprint density at radius 1 is 1.30 bits per heavy atom. The SMILES string of the molecule is O=C(O)C1Cc2ccccc2N(CC2CCOCC2)C1. The summed E-state index contributed by atoms with van der Waals surface area (Å²) in [5, 5.41) is 9.34. The average molecular weight is 275 g/mol. The summed E-state index contributed by atoms with van der Waals surface area (Å²) in [6.45, 7) is 3.25. The average Bonchev–Trinajstić information content (AvgIpc) is 2.48. The molecule has 1 saturated heterocycles. The third kappa shape index (κ3) is 2.80. The second-order valence-electron chi connectivity index (χ2n) is 5.83. The zero-order chi connectivity index (χ0) is 13.9. The van der Waals surface area contributed by atoms with Gasteiger partial charge >= 0.3 is 5.97 Å². The molecule has 0 radical (unpaired) electrons. The Kier molecular flexibility index (Phi) is 3.92. The molecule has 1 N–H and O–H groups in total. The molecule has 1 aromatic rings. The number of hydrogen-bond donors (Lipinski definition) is 1. The molecule has 4 heteroatoms. The lowest BCUT2D eigenvalue weighted by Gasteiger charge is -2.37. The Morgan fingerprint density at radius 3 is 2.80 bits per heavy atom. The van der Waals surface area contributed by atoms with Crippen LogP contribution in [0.1, 0.15) is 18.4 Å². The van der Waals surface area contributed by atoms with Crippen LogP contribution in [-0.4, -0.2) is 37.4 Å². The van der Waals surface area contributed by atoms with Crippen molar-refractivity contribution in [2.75, 3.05) is 31.2 Å². The van der Waals surface area contributed by atoms with E-state index in [1.54, 1.807) is 0 Å². The summed E-state index contributed by atoms with van der Waals surface area (Å²) in [6, 6.07) is 8.21. The van der Waals surface area contributed by atoms with Gasteiger partial charge in [-0.1, -0.05) is 18.2 Å². The van der Waals surface area contributed by atoms with Crippen LogP contribution in [0.25, 0.3) is 0 Å². The lowest BCUT2D eigenvalue weighted by molar-refractivity contribution is -0.141. The number of carboxylic acids is 1. The maximum atomic E-state index is 11.4. The van der Waals surface area contributed by atoms with Gasteiger partial charge in [0.1, 0.15) is 0 Å². The molecule has 0 saturated carbocycles. The van der Waals surface area contributed by atoms with E-state index >= 15 is 0 Å². The van der Waals surface area contributed by atoms with Crippen LogP contribution >= 0.6 is 0 Å². The molecule has 1 unspecified atom stereocenters. The number of aliphatic carboxylic acids is 1. The van der Waals surface area contributed by atoms with E-state index in [4.69, 9.17) is 4.74 Å². The summed E-state index contributed by atoms with van der Waals surface area (Å²) in [5.74, 6) is -0.356. The van der Waals surface area contributed by atoms with Crippen LogP contribution in [0.5, 0.6) is 0 Å². The first-order valence-electron chi connectivity index (χ1n) is 7.37. The smallest absolute Gasteiger partial charge is 0.308 e. The number of fused-ring (bicyclic) bond motifs is 1. The fraction of sp³-hybridized carbons (Fsp3) is 0.562. The molecule has 1 fully saturated rings. The summed E-state index contributed by atoms with van der Waals surface area (Å²) in [5.41, 5.74) is 2.38. The molecule has 2 heterocycles. The summed E-state index contributed by atoms with van der Waals surface area (Å²) < 4.78 is 5.41. The lowest BCUT2D eigenvalue weighted by atomic mass is 9.90. The zero-order valence-electron chi connectivity index (χ0n) is 11.6. The van der Waals surface area contributed by atoms with Gasteiger partial charge in [0.15, 0.2) is 0 Å². The standard InChI is InChI=1S/C16H21NO3/c18-16(19)14-9-13-3-1-2-4-15(13)17(11-14)10-12-5-7-20-8-6-12/h1-4,12,14H,5-11H2,(H,18,19). The van der Waals surface area contributed by atoms with Crippen molar-refractivity contribution >= 4 is 11.7 Å². The first-order chi connectivity index (χ1) is 9.74.